The van der Waals surface area contributed by atoms with E-state index in [9.17, 15) is 4.39 Å². The van der Waals surface area contributed by atoms with Gasteiger partial charge < -0.3 is 5.32 Å². The Morgan fingerprint density at radius 1 is 1.14 bits per heavy atom. The minimum atomic E-state index is -0.310. The topological polar surface area (TPSA) is 12.0 Å². The van der Waals surface area contributed by atoms with E-state index in [4.69, 9.17) is 23.2 Å². The highest BCUT2D eigenvalue weighted by molar-refractivity contribution is 6.31. The highest BCUT2D eigenvalue weighted by atomic mass is 35.5. The summed E-state index contributed by atoms with van der Waals surface area (Å²) in [5.74, 6) is -0.0682. The van der Waals surface area contributed by atoms with Crippen molar-refractivity contribution in [1.82, 2.24) is 5.32 Å². The average Bonchev–Trinajstić information content (AvgIpc) is 2.45. The molecule has 0 spiro atoms. The Balaban J connectivity index is 2.23. The Morgan fingerprint density at radius 2 is 1.95 bits per heavy atom. The van der Waals surface area contributed by atoms with Crippen molar-refractivity contribution in [3.8, 4) is 0 Å². The maximum Gasteiger partial charge on any atom is 0.124 e. The predicted octanol–water partition coefficient (Wildman–Crippen LogP) is 5.07. The van der Waals surface area contributed by atoms with Crippen LogP contribution in [0.15, 0.2) is 42.5 Å². The molecule has 1 atom stereocenters. The first kappa shape index (κ1) is 16.3. The fourth-order valence-corrected chi connectivity index (χ4v) is 2.78. The molecule has 1 nitrogen and oxygen atoms in total. The van der Waals surface area contributed by atoms with Crippen LogP contribution in [0, 0.1) is 5.82 Å². The van der Waals surface area contributed by atoms with Crippen molar-refractivity contribution < 1.29 is 4.39 Å². The molecule has 1 N–H and O–H groups in total. The number of likely N-dealkylation sites (N-methyl/N-ethyl adjacent to an activating group) is 1. The fourth-order valence-electron chi connectivity index (χ4n) is 2.34. The van der Waals surface area contributed by atoms with Gasteiger partial charge in [-0.3, -0.25) is 0 Å². The first-order valence-electron chi connectivity index (χ1n) is 7.00. The van der Waals surface area contributed by atoms with Gasteiger partial charge in [-0.15, -0.1) is 0 Å². The van der Waals surface area contributed by atoms with E-state index in [-0.39, 0.29) is 11.7 Å². The summed E-state index contributed by atoms with van der Waals surface area (Å²) in [5.41, 5.74) is 2.10. The largest absolute Gasteiger partial charge is 0.316 e. The molecule has 2 aromatic rings. The van der Waals surface area contributed by atoms with Crippen LogP contribution in [0.1, 0.15) is 24.0 Å². The molecular weight excluding hydrogens is 308 g/mol. The number of nitrogens with one attached hydrogen (secondary N) is 1. The van der Waals surface area contributed by atoms with Gasteiger partial charge in [-0.1, -0.05) is 48.3 Å². The molecule has 0 amide bonds. The summed E-state index contributed by atoms with van der Waals surface area (Å²) in [4.78, 5) is 0. The second kappa shape index (κ2) is 7.79. The quantitative estimate of drug-likeness (QED) is 0.782. The minimum absolute atomic E-state index is 0.242. The lowest BCUT2D eigenvalue weighted by Gasteiger charge is -2.19. The molecular formula is C17H18Cl2FN. The molecule has 0 fully saturated rings. The molecule has 0 saturated carbocycles. The zero-order valence-corrected chi connectivity index (χ0v) is 13.4. The van der Waals surface area contributed by atoms with Crippen LogP contribution in [0.2, 0.25) is 10.0 Å². The summed E-state index contributed by atoms with van der Waals surface area (Å²) in [6.45, 7) is 3.79. The average molecular weight is 326 g/mol. The maximum absolute atomic E-state index is 13.1. The molecule has 112 valence electrons. The van der Waals surface area contributed by atoms with E-state index in [1.807, 2.05) is 18.2 Å². The first-order valence-corrected chi connectivity index (χ1v) is 7.76. The van der Waals surface area contributed by atoms with Crippen molar-refractivity contribution in [3.63, 3.8) is 0 Å². The second-order valence-electron chi connectivity index (χ2n) is 5.00. The van der Waals surface area contributed by atoms with Crippen LogP contribution < -0.4 is 5.32 Å². The summed E-state index contributed by atoms with van der Waals surface area (Å²) < 4.78 is 13.1. The molecule has 0 heterocycles. The smallest absolute Gasteiger partial charge is 0.124 e. The highest BCUT2D eigenvalue weighted by Gasteiger charge is 2.14. The molecule has 0 bridgehead atoms. The van der Waals surface area contributed by atoms with Gasteiger partial charge in [0.2, 0.25) is 0 Å². The van der Waals surface area contributed by atoms with E-state index in [1.165, 1.54) is 12.1 Å². The van der Waals surface area contributed by atoms with Crippen LogP contribution in [-0.4, -0.2) is 13.1 Å². The Labute approximate surface area is 135 Å². The summed E-state index contributed by atoms with van der Waals surface area (Å²) in [6.07, 6.45) is 0.743. The van der Waals surface area contributed by atoms with Crippen LogP contribution in [0.3, 0.4) is 0 Å². The lowest BCUT2D eigenvalue weighted by molar-refractivity contribution is 0.592. The van der Waals surface area contributed by atoms with E-state index in [2.05, 4.69) is 18.3 Å². The Bertz CT molecular complexity index is 601. The third-order valence-corrected chi connectivity index (χ3v) is 4.03. The third-order valence-electron chi connectivity index (χ3n) is 3.44. The molecule has 0 aliphatic heterocycles. The Kier molecular flexibility index (Phi) is 6.04. The van der Waals surface area contributed by atoms with E-state index in [0.29, 0.717) is 5.02 Å². The van der Waals surface area contributed by atoms with Gasteiger partial charge in [0.15, 0.2) is 0 Å². The number of hydrogen-bond donors (Lipinski definition) is 1. The minimum Gasteiger partial charge on any atom is -0.316 e. The maximum atomic E-state index is 13.1. The monoisotopic (exact) mass is 325 g/mol. The Hall–Kier alpha value is -1.09. The molecule has 0 aliphatic rings. The molecule has 2 aromatic carbocycles. The molecule has 0 aromatic heterocycles. The fraction of sp³-hybridized carbons (Fsp3) is 0.294. The number of rotatable bonds is 6. The summed E-state index contributed by atoms with van der Waals surface area (Å²) >= 11 is 12.2. The molecule has 0 saturated heterocycles. The standard InChI is InChI=1S/C17H18Cl2FN/c1-2-21-11-14(12-4-3-5-15(18)9-12)8-13-6-7-16(20)10-17(13)19/h3-7,9-10,14,21H,2,8,11H2,1H3. The lowest BCUT2D eigenvalue weighted by Crippen LogP contribution is -2.22. The zero-order chi connectivity index (χ0) is 15.2. The predicted molar refractivity (Wildman–Crippen MR) is 87.9 cm³/mol. The van der Waals surface area contributed by atoms with Crippen LogP contribution in [-0.2, 0) is 6.42 Å². The SMILES string of the molecule is CCNCC(Cc1ccc(F)cc1Cl)c1cccc(Cl)c1. The van der Waals surface area contributed by atoms with Crippen molar-refractivity contribution in [3.05, 3.63) is 69.5 Å². The van der Waals surface area contributed by atoms with Gasteiger partial charge in [-0.2, -0.15) is 0 Å². The lowest BCUT2D eigenvalue weighted by atomic mass is 9.92. The van der Waals surface area contributed by atoms with Gasteiger partial charge in [0, 0.05) is 22.5 Å². The summed E-state index contributed by atoms with van der Waals surface area (Å²) in [6, 6.07) is 12.4. The Morgan fingerprint density at radius 3 is 2.62 bits per heavy atom. The molecule has 4 heteroatoms. The molecule has 21 heavy (non-hydrogen) atoms. The number of benzene rings is 2. The molecule has 2 rings (SSSR count). The summed E-state index contributed by atoms with van der Waals surface area (Å²) in [5, 5.41) is 4.55. The van der Waals surface area contributed by atoms with Crippen molar-refractivity contribution in [2.45, 2.75) is 19.3 Å². The van der Waals surface area contributed by atoms with Crippen LogP contribution in [0.25, 0.3) is 0 Å². The first-order chi connectivity index (χ1) is 10.1. The number of halogens is 3. The second-order valence-corrected chi connectivity index (χ2v) is 5.84. The number of hydrogen-bond acceptors (Lipinski definition) is 1. The van der Waals surface area contributed by atoms with Gasteiger partial charge >= 0.3 is 0 Å². The molecule has 0 radical (unpaired) electrons. The van der Waals surface area contributed by atoms with Gasteiger partial charge in [0.05, 0.1) is 0 Å². The van der Waals surface area contributed by atoms with Gasteiger partial charge in [-0.05, 0) is 48.4 Å². The zero-order valence-electron chi connectivity index (χ0n) is 11.9. The van der Waals surface area contributed by atoms with E-state index >= 15 is 0 Å². The van der Waals surface area contributed by atoms with Crippen LogP contribution in [0.5, 0.6) is 0 Å². The van der Waals surface area contributed by atoms with Gasteiger partial charge in [-0.25, -0.2) is 4.39 Å². The normalized spacial score (nSPS) is 12.4. The van der Waals surface area contributed by atoms with E-state index < -0.39 is 0 Å². The van der Waals surface area contributed by atoms with E-state index in [0.717, 1.165) is 35.7 Å². The molecule has 1 unspecified atom stereocenters. The van der Waals surface area contributed by atoms with E-state index in [1.54, 1.807) is 6.07 Å². The highest BCUT2D eigenvalue weighted by Crippen LogP contribution is 2.27. The van der Waals surface area contributed by atoms with Gasteiger partial charge in [0.25, 0.3) is 0 Å². The van der Waals surface area contributed by atoms with Crippen molar-refractivity contribution in [2.24, 2.45) is 0 Å². The van der Waals surface area contributed by atoms with Crippen molar-refractivity contribution in [2.75, 3.05) is 13.1 Å². The summed E-state index contributed by atoms with van der Waals surface area (Å²) in [7, 11) is 0. The third kappa shape index (κ3) is 4.70. The van der Waals surface area contributed by atoms with Crippen molar-refractivity contribution >= 4 is 23.2 Å². The van der Waals surface area contributed by atoms with Gasteiger partial charge in [0.1, 0.15) is 5.82 Å². The van der Waals surface area contributed by atoms with Crippen LogP contribution >= 0.6 is 23.2 Å². The van der Waals surface area contributed by atoms with Crippen LogP contribution in [0.4, 0.5) is 4.39 Å². The van der Waals surface area contributed by atoms with Crippen molar-refractivity contribution in [1.29, 1.82) is 0 Å². The molecule has 0 aliphatic carbocycles.